The fraction of sp³-hybridized carbons (Fsp3) is 0.875. The van der Waals surface area contributed by atoms with Crippen molar-refractivity contribution in [2.75, 3.05) is 6.61 Å². The van der Waals surface area contributed by atoms with Crippen molar-refractivity contribution < 1.29 is 14.0 Å². The summed E-state index contributed by atoms with van der Waals surface area (Å²) in [6.07, 6.45) is 10.4. The van der Waals surface area contributed by atoms with Gasteiger partial charge >= 0.3 is 7.32 Å². The van der Waals surface area contributed by atoms with Crippen molar-refractivity contribution in [3.63, 3.8) is 0 Å². The van der Waals surface area contributed by atoms with E-state index in [1.54, 1.807) is 5.54 Å². The van der Waals surface area contributed by atoms with E-state index in [-0.39, 0.29) is 11.2 Å². The molecule has 1 fully saturated rings. The molecule has 0 N–H and O–H groups in total. The average Bonchev–Trinajstić information content (AvgIpc) is 2.60. The lowest BCUT2D eigenvalue weighted by Crippen LogP contribution is -2.41. The molecule has 0 unspecified atom stereocenters. The Balaban J connectivity index is 1.96. The molecule has 0 atom stereocenters. The van der Waals surface area contributed by atoms with E-state index >= 15 is 0 Å². The molecule has 0 aromatic rings. The van der Waals surface area contributed by atoms with Crippen LogP contribution in [-0.4, -0.2) is 25.1 Å². The lowest BCUT2D eigenvalue weighted by Gasteiger charge is -2.31. The zero-order valence-corrected chi connectivity index (χ0v) is 14.7. The Bertz CT molecular complexity index is 303. The minimum atomic E-state index is -0.516. The number of hydrogen-bond donors (Lipinski definition) is 0. The summed E-state index contributed by atoms with van der Waals surface area (Å²) in [5.74, 6) is 0. The molecule has 0 saturated carbocycles. The molecule has 1 rings (SSSR count). The van der Waals surface area contributed by atoms with E-state index in [9.17, 15) is 0 Å². The van der Waals surface area contributed by atoms with Gasteiger partial charge in [-0.3, -0.25) is 0 Å². The average molecular weight is 317 g/mol. The molecule has 21 heavy (non-hydrogen) atoms. The first-order valence-electron chi connectivity index (χ1n) is 8.11. The third-order valence-electron chi connectivity index (χ3n) is 4.34. The van der Waals surface area contributed by atoms with Gasteiger partial charge in [-0.1, -0.05) is 43.4 Å². The molecule has 0 aromatic heterocycles. The lowest BCUT2D eigenvalue weighted by atomic mass is 9.90. The fourth-order valence-corrected chi connectivity index (χ4v) is 2.30. The Labute approximate surface area is 135 Å². The van der Waals surface area contributed by atoms with Gasteiger partial charge in [-0.15, -0.1) is 0 Å². The van der Waals surface area contributed by atoms with Crippen LogP contribution in [0.25, 0.3) is 0 Å². The minimum Gasteiger partial charge on any atom is -0.386 e. The van der Waals surface area contributed by atoms with Crippen LogP contribution in [0.5, 0.6) is 0 Å². The molecule has 1 aliphatic rings. The fourth-order valence-electron chi connectivity index (χ4n) is 2.17. The summed E-state index contributed by atoms with van der Waals surface area (Å²) < 4.78 is 17.2. The predicted molar refractivity (Wildman–Crippen MR) is 89.3 cm³/mol. The molecule has 0 bridgehead atoms. The maximum atomic E-state index is 5.79. The molecule has 1 aliphatic heterocycles. The highest BCUT2D eigenvalue weighted by Gasteiger charge is 2.52. The highest BCUT2D eigenvalue weighted by Crippen LogP contribution is 2.36. The van der Waals surface area contributed by atoms with Gasteiger partial charge in [-0.25, -0.2) is 0 Å². The summed E-state index contributed by atoms with van der Waals surface area (Å²) in [6, 6.07) is 0. The van der Waals surface area contributed by atoms with Crippen molar-refractivity contribution in [3.8, 4) is 0 Å². The Morgan fingerprint density at radius 2 is 1.43 bits per heavy atom. The number of allylic oxidation sites excluding steroid dienone is 1. The third kappa shape index (κ3) is 6.73. The number of hydrogen-bond acceptors (Lipinski definition) is 3. The minimum absolute atomic E-state index is 0.310. The second-order valence-corrected chi connectivity index (χ2v) is 6.94. The van der Waals surface area contributed by atoms with Crippen molar-refractivity contribution in [2.45, 2.75) is 83.8 Å². The van der Waals surface area contributed by atoms with Gasteiger partial charge < -0.3 is 14.0 Å². The van der Waals surface area contributed by atoms with Gasteiger partial charge in [-0.05, 0) is 47.0 Å². The zero-order valence-electron chi connectivity index (χ0n) is 14.0. The highest BCUT2D eigenvalue weighted by molar-refractivity contribution is 6.37. The van der Waals surface area contributed by atoms with Crippen LogP contribution >= 0.6 is 11.6 Å². The van der Waals surface area contributed by atoms with Gasteiger partial charge in [0.15, 0.2) is 0 Å². The Morgan fingerprint density at radius 1 is 0.905 bits per heavy atom. The van der Waals surface area contributed by atoms with Crippen molar-refractivity contribution in [3.05, 3.63) is 11.6 Å². The smallest absolute Gasteiger partial charge is 0.386 e. The summed E-state index contributed by atoms with van der Waals surface area (Å²) in [5, 5.41) is 0. The van der Waals surface area contributed by atoms with Gasteiger partial charge in [0.1, 0.15) is 0 Å². The predicted octanol–water partition coefficient (Wildman–Crippen LogP) is 5.08. The van der Waals surface area contributed by atoms with Crippen molar-refractivity contribution >= 4 is 18.9 Å². The molecule has 0 spiro atoms. The van der Waals surface area contributed by atoms with E-state index in [1.807, 2.05) is 33.8 Å². The summed E-state index contributed by atoms with van der Waals surface area (Å²) in [4.78, 5) is 0. The monoisotopic (exact) mass is 316 g/mol. The SMILES string of the molecule is CC1(C)OB(OCCCCCCCC/C=C\Cl)OC1(C)C. The molecular weight excluding hydrogens is 286 g/mol. The van der Waals surface area contributed by atoms with Crippen LogP contribution in [0.1, 0.15) is 72.6 Å². The van der Waals surface area contributed by atoms with Crippen LogP contribution in [0, 0.1) is 0 Å². The molecule has 3 nitrogen and oxygen atoms in total. The molecule has 122 valence electrons. The van der Waals surface area contributed by atoms with Crippen LogP contribution < -0.4 is 0 Å². The first kappa shape index (κ1) is 19.0. The van der Waals surface area contributed by atoms with Crippen LogP contribution in [0.4, 0.5) is 0 Å². The topological polar surface area (TPSA) is 27.7 Å². The number of rotatable bonds is 10. The standard InChI is InChI=1S/C16H30BClO3/c1-15(2)16(3,4)21-17(20-15)19-14-12-10-8-6-5-7-9-11-13-18/h11,13H,5-10,12,14H2,1-4H3/b13-11-. The second-order valence-electron chi connectivity index (χ2n) is 6.69. The summed E-state index contributed by atoms with van der Waals surface area (Å²) in [5.41, 5.74) is 0.983. The number of halogens is 1. The Kier molecular flexibility index (Phi) is 8.32. The van der Waals surface area contributed by atoms with Gasteiger partial charge in [0.25, 0.3) is 0 Å². The third-order valence-corrected chi connectivity index (χ3v) is 4.52. The van der Waals surface area contributed by atoms with Gasteiger partial charge in [0, 0.05) is 12.1 Å². The summed E-state index contributed by atoms with van der Waals surface area (Å²) >= 11 is 5.47. The van der Waals surface area contributed by atoms with Gasteiger partial charge in [-0.2, -0.15) is 0 Å². The van der Waals surface area contributed by atoms with E-state index in [0.29, 0.717) is 6.61 Å². The van der Waals surface area contributed by atoms with Crippen molar-refractivity contribution in [1.82, 2.24) is 0 Å². The van der Waals surface area contributed by atoms with E-state index in [1.165, 1.54) is 32.1 Å². The lowest BCUT2D eigenvalue weighted by molar-refractivity contribution is 0.00578. The second kappa shape index (κ2) is 9.19. The van der Waals surface area contributed by atoms with Gasteiger partial charge in [0.2, 0.25) is 0 Å². The van der Waals surface area contributed by atoms with E-state index < -0.39 is 7.32 Å². The molecule has 1 saturated heterocycles. The molecule has 0 aliphatic carbocycles. The van der Waals surface area contributed by atoms with E-state index in [2.05, 4.69) is 0 Å². The normalized spacial score (nSPS) is 20.5. The van der Waals surface area contributed by atoms with Crippen LogP contribution in [0.3, 0.4) is 0 Å². The molecule has 5 heteroatoms. The largest absolute Gasteiger partial charge is 0.640 e. The zero-order chi connectivity index (χ0) is 15.8. The van der Waals surface area contributed by atoms with Crippen LogP contribution in [-0.2, 0) is 14.0 Å². The van der Waals surface area contributed by atoms with E-state index in [0.717, 1.165) is 12.8 Å². The molecule has 0 amide bonds. The maximum absolute atomic E-state index is 5.79. The molecule has 1 heterocycles. The van der Waals surface area contributed by atoms with Gasteiger partial charge in [0.05, 0.1) is 11.2 Å². The first-order valence-corrected chi connectivity index (χ1v) is 8.55. The quantitative estimate of drug-likeness (QED) is 0.416. The molecule has 0 aromatic carbocycles. The van der Waals surface area contributed by atoms with Crippen molar-refractivity contribution in [1.29, 1.82) is 0 Å². The summed E-state index contributed by atoms with van der Waals surface area (Å²) in [6.45, 7) is 8.85. The Hall–Kier alpha value is -0.0251. The number of unbranched alkanes of at least 4 members (excludes halogenated alkanes) is 6. The highest BCUT2D eigenvalue weighted by atomic mass is 35.5. The van der Waals surface area contributed by atoms with E-state index in [4.69, 9.17) is 25.6 Å². The summed E-state index contributed by atoms with van der Waals surface area (Å²) in [7, 11) is -0.516. The Morgan fingerprint density at radius 3 is 2.00 bits per heavy atom. The first-order chi connectivity index (χ1) is 9.89. The molecule has 0 radical (unpaired) electrons. The molecular formula is C16H30BClO3. The maximum Gasteiger partial charge on any atom is 0.640 e. The van der Waals surface area contributed by atoms with Crippen molar-refractivity contribution in [2.24, 2.45) is 0 Å². The van der Waals surface area contributed by atoms with Crippen LogP contribution in [0.15, 0.2) is 11.6 Å². The van der Waals surface area contributed by atoms with Crippen LogP contribution in [0.2, 0.25) is 0 Å².